The fourth-order valence-electron chi connectivity index (χ4n) is 6.41. The molecule has 0 N–H and O–H groups in total. The third-order valence-electron chi connectivity index (χ3n) is 9.01. The second-order valence-electron chi connectivity index (χ2n) is 12.4. The molecule has 0 fully saturated rings. The maximum absolute atomic E-state index is 2.37. The summed E-state index contributed by atoms with van der Waals surface area (Å²) in [5, 5.41) is 0. The lowest BCUT2D eigenvalue weighted by Crippen LogP contribution is -1.84. The fourth-order valence-corrected chi connectivity index (χ4v) is 6.41. The molecule has 0 saturated heterocycles. The van der Waals surface area contributed by atoms with Gasteiger partial charge in [0, 0.05) is 0 Å². The minimum absolute atomic E-state index is 1.18. The van der Waals surface area contributed by atoms with E-state index < -0.39 is 0 Å². The molecule has 0 aliphatic heterocycles. The second-order valence-corrected chi connectivity index (χ2v) is 12.4. The molecule has 1 aromatic rings. The molecular weight excluding hydrogens is 504 g/mol. The van der Waals surface area contributed by atoms with Crippen molar-refractivity contribution >= 4 is 0 Å². The van der Waals surface area contributed by atoms with Crippen molar-refractivity contribution in [2.24, 2.45) is 0 Å². The summed E-state index contributed by atoms with van der Waals surface area (Å²) in [6, 6.07) is 37.1. The average Bonchev–Trinajstić information content (AvgIpc) is 3.50. The van der Waals surface area contributed by atoms with Crippen LogP contribution in [-0.4, -0.2) is 0 Å². The molecule has 5 rings (SSSR count). The molecule has 1 aromatic carbocycles. The minimum atomic E-state index is 1.18. The molecule has 0 unspecified atom stereocenters. The third-order valence-corrected chi connectivity index (χ3v) is 9.01. The lowest BCUT2D eigenvalue weighted by Gasteiger charge is -2.06. The average molecular weight is 555 g/mol. The van der Waals surface area contributed by atoms with Crippen LogP contribution in [0, 0.1) is 0 Å². The van der Waals surface area contributed by atoms with E-state index in [2.05, 4.69) is 111 Å². The number of rotatable bonds is 16. The highest BCUT2D eigenvalue weighted by atomic mass is 14.2. The Labute approximate surface area is 255 Å². The molecular formula is C42H50. The van der Waals surface area contributed by atoms with E-state index in [9.17, 15) is 0 Å². The van der Waals surface area contributed by atoms with E-state index in [0.717, 1.165) is 0 Å². The van der Waals surface area contributed by atoms with Gasteiger partial charge >= 0.3 is 0 Å². The zero-order chi connectivity index (χ0) is 29.0. The largest absolute Gasteiger partial charge is 0.0654 e. The van der Waals surface area contributed by atoms with Gasteiger partial charge in [0.05, 0.1) is 0 Å². The van der Waals surface area contributed by atoms with E-state index in [-0.39, 0.29) is 0 Å². The van der Waals surface area contributed by atoms with Crippen molar-refractivity contribution in [1.82, 2.24) is 0 Å². The quantitative estimate of drug-likeness (QED) is 0.106. The lowest BCUT2D eigenvalue weighted by atomic mass is 9.97. The molecule has 4 aliphatic carbocycles. The summed E-state index contributed by atoms with van der Waals surface area (Å²) in [5.74, 6) is 0. The van der Waals surface area contributed by atoms with Gasteiger partial charge in [0.1, 0.15) is 0 Å². The van der Waals surface area contributed by atoms with Crippen LogP contribution in [0.5, 0.6) is 0 Å². The Balaban J connectivity index is 1.29. The van der Waals surface area contributed by atoms with Crippen LogP contribution < -0.4 is 0 Å². The van der Waals surface area contributed by atoms with E-state index in [1.807, 2.05) is 0 Å². The molecule has 218 valence electrons. The zero-order valence-corrected chi connectivity index (χ0v) is 26.1. The number of aryl methyl sites for hydroxylation is 2. The third kappa shape index (κ3) is 8.13. The Hall–Kier alpha value is -3.38. The van der Waals surface area contributed by atoms with Crippen LogP contribution in [0.2, 0.25) is 0 Å². The smallest absolute Gasteiger partial charge is 0.0105 e. The van der Waals surface area contributed by atoms with E-state index >= 15 is 0 Å². The predicted octanol–water partition coefficient (Wildman–Crippen LogP) is 13.0. The first-order chi connectivity index (χ1) is 20.7. The van der Waals surface area contributed by atoms with Crippen LogP contribution >= 0.6 is 0 Å². The molecule has 0 spiro atoms. The van der Waals surface area contributed by atoms with Gasteiger partial charge in [-0.15, -0.1) is 0 Å². The first-order valence-corrected chi connectivity index (χ1v) is 16.9. The maximum Gasteiger partial charge on any atom is -0.0105 e. The molecule has 0 atom stereocenters. The van der Waals surface area contributed by atoms with Gasteiger partial charge in [0.25, 0.3) is 0 Å². The van der Waals surface area contributed by atoms with Crippen molar-refractivity contribution < 1.29 is 0 Å². The summed E-state index contributed by atoms with van der Waals surface area (Å²) >= 11 is 0. The molecule has 0 heterocycles. The van der Waals surface area contributed by atoms with Gasteiger partial charge < -0.3 is 0 Å². The number of unbranched alkanes of at least 4 members (excludes halogenated alkanes) is 10. The van der Waals surface area contributed by atoms with E-state index in [4.69, 9.17) is 0 Å². The fraction of sp³-hybridized carbons (Fsp3) is 0.381. The van der Waals surface area contributed by atoms with Crippen molar-refractivity contribution in [3.63, 3.8) is 0 Å². The molecule has 0 radical (unpaired) electrons. The van der Waals surface area contributed by atoms with Gasteiger partial charge in [0.15, 0.2) is 0 Å². The number of hydrogen-bond donors (Lipinski definition) is 0. The van der Waals surface area contributed by atoms with Crippen LogP contribution in [0.15, 0.2) is 97.1 Å². The number of benzene rings is 1. The number of hydrogen-bond acceptors (Lipinski definition) is 0. The Morgan fingerprint density at radius 3 is 1.02 bits per heavy atom. The molecule has 0 saturated carbocycles. The summed E-state index contributed by atoms with van der Waals surface area (Å²) in [5.41, 5.74) is 13.4. The summed E-state index contributed by atoms with van der Waals surface area (Å²) in [7, 11) is 0. The van der Waals surface area contributed by atoms with Crippen molar-refractivity contribution in [2.45, 2.75) is 104 Å². The molecule has 0 heteroatoms. The SMILES string of the molecule is CCCCCCCCc1ccc2cc(-c3ccccc3-c3cc4ccc(CCCCCCCC)ccc-4c3)cc-2cc1. The van der Waals surface area contributed by atoms with Gasteiger partial charge in [0.2, 0.25) is 0 Å². The van der Waals surface area contributed by atoms with Crippen LogP contribution in [0.1, 0.15) is 102 Å². The molecule has 0 amide bonds. The number of fused-ring (bicyclic) bond motifs is 2. The molecule has 0 nitrogen and oxygen atoms in total. The van der Waals surface area contributed by atoms with Gasteiger partial charge in [-0.1, -0.05) is 151 Å². The van der Waals surface area contributed by atoms with E-state index in [1.54, 1.807) is 0 Å². The Morgan fingerprint density at radius 2 is 0.667 bits per heavy atom. The first kappa shape index (κ1) is 30.1. The molecule has 0 bridgehead atoms. The monoisotopic (exact) mass is 554 g/mol. The van der Waals surface area contributed by atoms with E-state index in [1.165, 1.54) is 146 Å². The van der Waals surface area contributed by atoms with Gasteiger partial charge in [-0.2, -0.15) is 0 Å². The predicted molar refractivity (Wildman–Crippen MR) is 185 cm³/mol. The highest BCUT2D eigenvalue weighted by Gasteiger charge is 2.14. The Bertz CT molecular complexity index is 1280. The van der Waals surface area contributed by atoms with Gasteiger partial charge in [-0.3, -0.25) is 0 Å². The van der Waals surface area contributed by atoms with Crippen LogP contribution in [0.4, 0.5) is 0 Å². The normalized spacial score (nSPS) is 11.5. The van der Waals surface area contributed by atoms with Crippen LogP contribution in [-0.2, 0) is 12.8 Å². The zero-order valence-electron chi connectivity index (χ0n) is 26.1. The van der Waals surface area contributed by atoms with Crippen LogP contribution in [0.3, 0.4) is 0 Å². The highest BCUT2D eigenvalue weighted by Crippen LogP contribution is 2.40. The summed E-state index contributed by atoms with van der Waals surface area (Å²) in [6.45, 7) is 4.57. The summed E-state index contributed by atoms with van der Waals surface area (Å²) < 4.78 is 0. The van der Waals surface area contributed by atoms with Crippen molar-refractivity contribution in [3.05, 3.63) is 108 Å². The second kappa shape index (κ2) is 15.7. The summed E-state index contributed by atoms with van der Waals surface area (Å²) in [4.78, 5) is 0. The topological polar surface area (TPSA) is 0 Å². The first-order valence-electron chi connectivity index (χ1n) is 16.9. The van der Waals surface area contributed by atoms with Gasteiger partial charge in [-0.05, 0) is 106 Å². The Kier molecular flexibility index (Phi) is 11.3. The molecule has 0 aromatic heterocycles. The molecule has 42 heavy (non-hydrogen) atoms. The van der Waals surface area contributed by atoms with Crippen LogP contribution in [0.25, 0.3) is 44.5 Å². The maximum atomic E-state index is 2.37. The minimum Gasteiger partial charge on any atom is -0.0654 e. The van der Waals surface area contributed by atoms with Gasteiger partial charge in [-0.25, -0.2) is 0 Å². The lowest BCUT2D eigenvalue weighted by molar-refractivity contribution is 0.607. The van der Waals surface area contributed by atoms with E-state index in [0.29, 0.717) is 0 Å². The van der Waals surface area contributed by atoms with Crippen molar-refractivity contribution in [1.29, 1.82) is 0 Å². The van der Waals surface area contributed by atoms with Crippen molar-refractivity contribution in [2.75, 3.05) is 0 Å². The molecule has 4 aliphatic rings. The summed E-state index contributed by atoms with van der Waals surface area (Å²) in [6.07, 6.45) is 18.6. The highest BCUT2D eigenvalue weighted by molar-refractivity contribution is 5.91. The standard InChI is InChI=1S/C42H50/c1-3-5-7-9-11-13-17-33-21-25-35-29-39(30-36(35)26-22-33)41-19-15-16-20-42(41)40-31-37-27-23-34(24-28-38(37)32-40)18-14-12-10-8-6-4-2/h15-16,19-32H,3-14,17-18H2,1-2H3. The van der Waals surface area contributed by atoms with Crippen molar-refractivity contribution in [3.8, 4) is 44.5 Å². The Morgan fingerprint density at radius 1 is 0.333 bits per heavy atom.